The molecule has 0 aromatic carbocycles. The second kappa shape index (κ2) is 8.31. The first-order valence-corrected chi connectivity index (χ1v) is 10.9. The lowest BCUT2D eigenvalue weighted by Gasteiger charge is -2.36. The van der Waals surface area contributed by atoms with Gasteiger partial charge >= 0.3 is 12.3 Å². The second-order valence-corrected chi connectivity index (χ2v) is 9.04. The lowest BCUT2D eigenvalue weighted by Crippen LogP contribution is -2.42. The van der Waals surface area contributed by atoms with Gasteiger partial charge in [-0.25, -0.2) is 14.3 Å². The molecule has 170 valence electrons. The molecule has 2 atom stereocenters. The minimum absolute atomic E-state index is 0.0174. The normalized spacial score (nSPS) is 27.5. The number of methoxy groups -OCH3 is 1. The van der Waals surface area contributed by atoms with Crippen molar-refractivity contribution in [1.29, 1.82) is 0 Å². The van der Waals surface area contributed by atoms with E-state index in [2.05, 4.69) is 11.9 Å². The number of rotatable bonds is 2. The van der Waals surface area contributed by atoms with E-state index < -0.39 is 12.1 Å². The zero-order valence-electron chi connectivity index (χ0n) is 18.2. The summed E-state index contributed by atoms with van der Waals surface area (Å²) in [5.41, 5.74) is 3.37. The first-order valence-electron chi connectivity index (χ1n) is 10.9. The molecule has 0 radical (unpaired) electrons. The van der Waals surface area contributed by atoms with Gasteiger partial charge in [-0.3, -0.25) is 0 Å². The number of nitrogens with zero attached hydrogens (tertiary/aromatic N) is 4. The lowest BCUT2D eigenvalue weighted by molar-refractivity contribution is -0.182. The number of ether oxygens (including phenoxy) is 1. The summed E-state index contributed by atoms with van der Waals surface area (Å²) in [6, 6.07) is 3.92. The van der Waals surface area contributed by atoms with Crippen LogP contribution in [0.1, 0.15) is 67.9 Å². The fraction of sp³-hybridized carbons (Fsp3) is 0.682. The first-order chi connectivity index (χ1) is 14.7. The largest absolute Gasteiger partial charge is 0.453 e. The van der Waals surface area contributed by atoms with E-state index in [1.54, 1.807) is 4.90 Å². The Morgan fingerprint density at radius 3 is 2.52 bits per heavy atom. The van der Waals surface area contributed by atoms with Crippen LogP contribution in [0.5, 0.6) is 0 Å². The standard InChI is InChI=1S/C22H29F3N4O2/c1-13-8-9-28(21(30)31-3)12-17(13)19-10-14(2)26-20-11-18(27-29(19)20)15-4-6-16(7-5-15)22(23,24)25/h10-11,13,15-17H,4-9,12H2,1-3H3/t13-,15?,16?,17-/m1/s1. The van der Waals surface area contributed by atoms with E-state index >= 15 is 0 Å². The highest BCUT2D eigenvalue weighted by Gasteiger charge is 2.42. The first kappa shape index (κ1) is 21.9. The summed E-state index contributed by atoms with van der Waals surface area (Å²) >= 11 is 0. The molecular weight excluding hydrogens is 409 g/mol. The maximum absolute atomic E-state index is 13.0. The number of carbonyl (C=O) groups excluding carboxylic acids is 1. The van der Waals surface area contributed by atoms with Crippen molar-refractivity contribution >= 4 is 11.7 Å². The van der Waals surface area contributed by atoms with Crippen molar-refractivity contribution in [2.45, 2.75) is 64.0 Å². The summed E-state index contributed by atoms with van der Waals surface area (Å²) in [4.78, 5) is 18.4. The third kappa shape index (κ3) is 4.36. The number of aryl methyl sites for hydroxylation is 1. The highest BCUT2D eigenvalue weighted by Crippen LogP contribution is 2.43. The fourth-order valence-corrected chi connectivity index (χ4v) is 5.08. The number of hydrogen-bond acceptors (Lipinski definition) is 4. The molecule has 9 heteroatoms. The van der Waals surface area contributed by atoms with Crippen LogP contribution in [-0.2, 0) is 4.74 Å². The molecule has 31 heavy (non-hydrogen) atoms. The van der Waals surface area contributed by atoms with Crippen molar-refractivity contribution in [2.75, 3.05) is 20.2 Å². The van der Waals surface area contributed by atoms with Crippen molar-refractivity contribution in [3.8, 4) is 0 Å². The molecule has 4 rings (SSSR count). The SMILES string of the molecule is COC(=O)N1CC[C@@H](C)[C@H](c2cc(C)nc3cc(C4CCC(C(F)(F)F)CC4)nn23)C1. The van der Waals surface area contributed by atoms with Crippen LogP contribution in [0.25, 0.3) is 5.65 Å². The Kier molecular flexibility index (Phi) is 5.87. The van der Waals surface area contributed by atoms with Gasteiger partial charge in [-0.1, -0.05) is 6.92 Å². The molecule has 2 aromatic rings. The van der Waals surface area contributed by atoms with E-state index in [0.717, 1.165) is 23.5 Å². The van der Waals surface area contributed by atoms with E-state index in [1.165, 1.54) is 7.11 Å². The molecule has 0 bridgehead atoms. The molecule has 0 spiro atoms. The summed E-state index contributed by atoms with van der Waals surface area (Å²) in [6.45, 7) is 5.29. The Labute approximate surface area is 179 Å². The molecule has 1 saturated carbocycles. The van der Waals surface area contributed by atoms with Gasteiger partial charge in [-0.2, -0.15) is 18.3 Å². The van der Waals surface area contributed by atoms with E-state index in [0.29, 0.717) is 37.5 Å². The zero-order valence-corrected chi connectivity index (χ0v) is 18.2. The zero-order chi connectivity index (χ0) is 22.3. The molecule has 2 aliphatic rings. The number of amides is 1. The van der Waals surface area contributed by atoms with Crippen molar-refractivity contribution < 1.29 is 22.7 Å². The van der Waals surface area contributed by atoms with Gasteiger partial charge in [-0.15, -0.1) is 0 Å². The van der Waals surface area contributed by atoms with E-state index in [-0.39, 0.29) is 30.8 Å². The molecule has 2 aromatic heterocycles. The number of likely N-dealkylation sites (tertiary alicyclic amines) is 1. The molecule has 0 N–H and O–H groups in total. The highest BCUT2D eigenvalue weighted by molar-refractivity contribution is 5.67. The van der Waals surface area contributed by atoms with Crippen LogP contribution in [0.4, 0.5) is 18.0 Å². The van der Waals surface area contributed by atoms with Crippen LogP contribution >= 0.6 is 0 Å². The number of carbonyl (C=O) groups is 1. The number of hydrogen-bond donors (Lipinski definition) is 0. The molecule has 1 aliphatic carbocycles. The predicted molar refractivity (Wildman–Crippen MR) is 109 cm³/mol. The molecule has 6 nitrogen and oxygen atoms in total. The van der Waals surface area contributed by atoms with Gasteiger partial charge in [0, 0.05) is 36.7 Å². The van der Waals surface area contributed by atoms with E-state index in [9.17, 15) is 18.0 Å². The summed E-state index contributed by atoms with van der Waals surface area (Å²) in [6.07, 6.45) is -2.32. The third-order valence-corrected chi connectivity index (χ3v) is 6.98. The van der Waals surface area contributed by atoms with Crippen molar-refractivity contribution in [1.82, 2.24) is 19.5 Å². The van der Waals surface area contributed by atoms with Gasteiger partial charge in [-0.05, 0) is 51.0 Å². The molecule has 1 aliphatic heterocycles. The van der Waals surface area contributed by atoms with Gasteiger partial charge in [0.2, 0.25) is 0 Å². The molecule has 1 saturated heterocycles. The number of aromatic nitrogens is 3. The quantitative estimate of drug-likeness (QED) is 0.657. The van der Waals surface area contributed by atoms with Gasteiger partial charge in [0.05, 0.1) is 24.4 Å². The second-order valence-electron chi connectivity index (χ2n) is 9.04. The average Bonchev–Trinajstić information content (AvgIpc) is 3.16. The summed E-state index contributed by atoms with van der Waals surface area (Å²) in [5, 5.41) is 4.80. The molecule has 1 amide bonds. The smallest absolute Gasteiger partial charge is 0.409 e. The van der Waals surface area contributed by atoms with Crippen LogP contribution in [0.2, 0.25) is 0 Å². The fourth-order valence-electron chi connectivity index (χ4n) is 5.08. The van der Waals surface area contributed by atoms with Crippen molar-refractivity contribution in [3.63, 3.8) is 0 Å². The van der Waals surface area contributed by atoms with Crippen molar-refractivity contribution in [3.05, 3.63) is 29.2 Å². The summed E-state index contributed by atoms with van der Waals surface area (Å²) < 4.78 is 45.8. The van der Waals surface area contributed by atoms with Gasteiger partial charge in [0.1, 0.15) is 0 Å². The summed E-state index contributed by atoms with van der Waals surface area (Å²) in [5.74, 6) is -0.764. The van der Waals surface area contributed by atoms with Gasteiger partial charge < -0.3 is 9.64 Å². The Morgan fingerprint density at radius 2 is 1.87 bits per heavy atom. The Bertz CT molecular complexity index is 950. The monoisotopic (exact) mass is 438 g/mol. The topological polar surface area (TPSA) is 59.7 Å². The maximum Gasteiger partial charge on any atom is 0.409 e. The number of piperidine rings is 1. The highest BCUT2D eigenvalue weighted by atomic mass is 19.4. The molecule has 0 unspecified atom stereocenters. The van der Waals surface area contributed by atoms with Gasteiger partial charge in [0.25, 0.3) is 0 Å². The predicted octanol–water partition coefficient (Wildman–Crippen LogP) is 5.07. The molecule has 3 heterocycles. The number of alkyl halides is 3. The van der Waals surface area contributed by atoms with Crippen LogP contribution in [-0.4, -0.2) is 52.0 Å². The molecule has 2 fully saturated rings. The van der Waals surface area contributed by atoms with Crippen molar-refractivity contribution in [2.24, 2.45) is 11.8 Å². The van der Waals surface area contributed by atoms with E-state index in [4.69, 9.17) is 9.84 Å². The van der Waals surface area contributed by atoms with Crippen LogP contribution < -0.4 is 0 Å². The van der Waals surface area contributed by atoms with Crippen LogP contribution in [0.3, 0.4) is 0 Å². The lowest BCUT2D eigenvalue weighted by atomic mass is 9.80. The van der Waals surface area contributed by atoms with Crippen LogP contribution in [0.15, 0.2) is 12.1 Å². The molecular formula is C22H29F3N4O2. The minimum Gasteiger partial charge on any atom is -0.453 e. The average molecular weight is 438 g/mol. The Balaban J connectivity index is 1.62. The summed E-state index contributed by atoms with van der Waals surface area (Å²) in [7, 11) is 1.39. The van der Waals surface area contributed by atoms with E-state index in [1.807, 2.05) is 23.6 Å². The Morgan fingerprint density at radius 1 is 1.16 bits per heavy atom. The number of fused-ring (bicyclic) bond motifs is 1. The third-order valence-electron chi connectivity index (χ3n) is 6.98. The minimum atomic E-state index is -4.11. The number of halogens is 3. The maximum atomic E-state index is 13.0. The van der Waals surface area contributed by atoms with Gasteiger partial charge in [0.15, 0.2) is 5.65 Å². The Hall–Kier alpha value is -2.32. The van der Waals surface area contributed by atoms with Crippen LogP contribution in [0, 0.1) is 18.8 Å².